The van der Waals surface area contributed by atoms with Gasteiger partial charge in [0.15, 0.2) is 0 Å². The van der Waals surface area contributed by atoms with Crippen molar-refractivity contribution in [3.63, 3.8) is 0 Å². The molecule has 36 heavy (non-hydrogen) atoms. The number of alkyl halides is 3. The summed E-state index contributed by atoms with van der Waals surface area (Å²) in [6.07, 6.45) is -3.19. The number of likely N-dealkylation sites (tertiary alicyclic amines) is 1. The van der Waals surface area contributed by atoms with Crippen molar-refractivity contribution in [2.75, 3.05) is 29.9 Å². The summed E-state index contributed by atoms with van der Waals surface area (Å²) in [6, 6.07) is 5.68. The summed E-state index contributed by atoms with van der Waals surface area (Å²) >= 11 is 0.621. The topological polar surface area (TPSA) is 98.7 Å². The van der Waals surface area contributed by atoms with Crippen molar-refractivity contribution in [2.45, 2.75) is 65.1 Å². The van der Waals surface area contributed by atoms with E-state index in [4.69, 9.17) is 0 Å². The van der Waals surface area contributed by atoms with E-state index in [0.717, 1.165) is 24.1 Å². The van der Waals surface area contributed by atoms with Crippen LogP contribution in [0.25, 0.3) is 0 Å². The molecule has 2 N–H and O–H groups in total. The number of hydrogen-bond donors (Lipinski definition) is 2. The van der Waals surface area contributed by atoms with Crippen LogP contribution in [0.2, 0.25) is 0 Å². The Morgan fingerprint density at radius 1 is 1.25 bits per heavy atom. The number of amides is 1. The molecule has 1 aliphatic heterocycles. The van der Waals surface area contributed by atoms with Crippen LogP contribution < -0.4 is 10.2 Å². The van der Waals surface area contributed by atoms with Crippen LogP contribution in [0.4, 0.5) is 29.7 Å². The Kier molecular flexibility index (Phi) is 8.80. The smallest absolute Gasteiger partial charge is 0.452 e. The van der Waals surface area contributed by atoms with Gasteiger partial charge in [-0.1, -0.05) is 26.8 Å². The van der Waals surface area contributed by atoms with Gasteiger partial charge in [0.1, 0.15) is 0 Å². The van der Waals surface area contributed by atoms with Gasteiger partial charge in [0.05, 0.1) is 17.8 Å². The lowest BCUT2D eigenvalue weighted by Crippen LogP contribution is -2.47. The maximum Gasteiger partial charge on any atom is 0.452 e. The van der Waals surface area contributed by atoms with Gasteiger partial charge in [-0.15, -0.1) is 0 Å². The Morgan fingerprint density at radius 3 is 2.44 bits per heavy atom. The number of halogens is 3. The van der Waals surface area contributed by atoms with Crippen LogP contribution in [0.15, 0.2) is 18.2 Å². The summed E-state index contributed by atoms with van der Waals surface area (Å²) in [5.74, 6) is -2.09. The molecule has 0 saturated carbocycles. The van der Waals surface area contributed by atoms with Crippen molar-refractivity contribution in [2.24, 2.45) is 5.92 Å². The molecule has 198 valence electrons. The first-order chi connectivity index (χ1) is 16.8. The number of aromatic nitrogens is 2. The van der Waals surface area contributed by atoms with E-state index in [0.29, 0.717) is 42.8 Å². The number of carboxylic acids is 1. The zero-order valence-electron chi connectivity index (χ0n) is 20.8. The summed E-state index contributed by atoms with van der Waals surface area (Å²) in [4.78, 5) is 30.7. The molecule has 0 spiro atoms. The molecule has 1 fully saturated rings. The van der Waals surface area contributed by atoms with E-state index >= 15 is 0 Å². The lowest BCUT2D eigenvalue weighted by Gasteiger charge is -2.41. The molecule has 0 aliphatic carbocycles. The fourth-order valence-electron chi connectivity index (χ4n) is 4.43. The molecule has 2 heterocycles. The number of carboxylic acid groups (broad SMARTS) is 1. The van der Waals surface area contributed by atoms with Crippen molar-refractivity contribution >= 4 is 39.9 Å². The van der Waals surface area contributed by atoms with Crippen molar-refractivity contribution in [1.82, 2.24) is 14.3 Å². The number of piperidine rings is 1. The number of hydrogen-bond acceptors (Lipinski definition) is 7. The third-order valence-corrected chi connectivity index (χ3v) is 6.84. The first-order valence-electron chi connectivity index (χ1n) is 11.9. The average molecular weight is 528 g/mol. The van der Waals surface area contributed by atoms with Crippen molar-refractivity contribution in [3.8, 4) is 0 Å². The van der Waals surface area contributed by atoms with Crippen molar-refractivity contribution < 1.29 is 27.9 Å². The van der Waals surface area contributed by atoms with Crippen LogP contribution in [0.3, 0.4) is 0 Å². The highest BCUT2D eigenvalue weighted by Crippen LogP contribution is 2.37. The molecule has 1 saturated heterocycles. The maximum absolute atomic E-state index is 13.1. The highest BCUT2D eigenvalue weighted by Gasteiger charge is 2.36. The Hall–Kier alpha value is -2.89. The number of nitrogens with zero attached hydrogens (tertiary/aromatic N) is 4. The number of rotatable bonds is 9. The van der Waals surface area contributed by atoms with E-state index < -0.39 is 18.0 Å². The molecule has 1 amide bonds. The second kappa shape index (κ2) is 11.4. The van der Waals surface area contributed by atoms with Gasteiger partial charge in [0.25, 0.3) is 0 Å². The number of aliphatic carboxylic acids is 1. The molecule has 3 rings (SSSR count). The van der Waals surface area contributed by atoms with Gasteiger partial charge in [-0.25, -0.2) is 0 Å². The number of benzene rings is 1. The summed E-state index contributed by atoms with van der Waals surface area (Å²) in [5.41, 5.74) is 2.09. The van der Waals surface area contributed by atoms with Gasteiger partial charge in [-0.05, 0) is 42.4 Å². The molecule has 2 aromatic rings. The molecule has 8 nitrogen and oxygen atoms in total. The van der Waals surface area contributed by atoms with E-state index in [1.165, 1.54) is 0 Å². The van der Waals surface area contributed by atoms with Crippen LogP contribution in [-0.4, -0.2) is 56.9 Å². The lowest BCUT2D eigenvalue weighted by molar-refractivity contribution is -0.144. The number of carbonyl (C=O) groups excluding carboxylic acids is 1. The van der Waals surface area contributed by atoms with E-state index in [1.807, 2.05) is 17.0 Å². The van der Waals surface area contributed by atoms with Crippen LogP contribution in [0.5, 0.6) is 0 Å². The molecule has 1 atom stereocenters. The molecule has 1 aromatic heterocycles. The largest absolute Gasteiger partial charge is 0.481 e. The molecule has 0 radical (unpaired) electrons. The summed E-state index contributed by atoms with van der Waals surface area (Å²) < 4.78 is 42.7. The lowest BCUT2D eigenvalue weighted by atomic mass is 9.95. The van der Waals surface area contributed by atoms with E-state index in [-0.39, 0.29) is 29.4 Å². The van der Waals surface area contributed by atoms with Gasteiger partial charge >= 0.3 is 12.1 Å². The molecule has 0 bridgehead atoms. The maximum atomic E-state index is 13.1. The SMILES string of the molecule is CC(=O)N1CCC(N(CC(C)C)c2ccc(C(C)CC(=O)O)cc2Nc2nc(C(F)(F)F)ns2)CC1. The van der Waals surface area contributed by atoms with Gasteiger partial charge in [0.2, 0.25) is 16.9 Å². The highest BCUT2D eigenvalue weighted by molar-refractivity contribution is 7.09. The first-order valence-corrected chi connectivity index (χ1v) is 12.7. The fraction of sp³-hybridized carbons (Fsp3) is 0.583. The van der Waals surface area contributed by atoms with E-state index in [1.54, 1.807) is 19.9 Å². The summed E-state index contributed by atoms with van der Waals surface area (Å²) in [5, 5.41) is 12.3. The minimum absolute atomic E-state index is 0.00232. The van der Waals surface area contributed by atoms with Crippen LogP contribution in [0.1, 0.15) is 64.3 Å². The predicted molar refractivity (Wildman–Crippen MR) is 133 cm³/mol. The standard InChI is InChI=1S/C24H32F3N5O3S/c1-14(2)13-32(18-7-9-31(10-8-18)16(4)33)20-6-5-17(15(3)11-21(34)35)12-19(20)28-23-29-22(30-36-23)24(25,26)27/h5-6,12,14-15,18H,7-11,13H2,1-4H3,(H,34,35)(H,28,29,30). The third kappa shape index (κ3) is 7.08. The normalized spacial score (nSPS) is 15.7. The van der Waals surface area contributed by atoms with Gasteiger partial charge < -0.3 is 20.2 Å². The fourth-order valence-corrected chi connectivity index (χ4v) is 5.03. The number of carbonyl (C=O) groups is 2. The molecular formula is C24H32F3N5O3S. The zero-order valence-corrected chi connectivity index (χ0v) is 21.6. The first kappa shape index (κ1) is 27.7. The second-order valence-corrected chi connectivity index (χ2v) is 10.4. The summed E-state index contributed by atoms with van der Waals surface area (Å²) in [6.45, 7) is 9.51. The van der Waals surface area contributed by atoms with Gasteiger partial charge in [-0.2, -0.15) is 22.5 Å². The zero-order chi connectivity index (χ0) is 26.6. The minimum atomic E-state index is -4.65. The average Bonchev–Trinajstić information content (AvgIpc) is 3.26. The van der Waals surface area contributed by atoms with Crippen LogP contribution in [0, 0.1) is 5.92 Å². The summed E-state index contributed by atoms with van der Waals surface area (Å²) in [7, 11) is 0. The molecule has 1 aromatic carbocycles. The minimum Gasteiger partial charge on any atom is -0.481 e. The Bertz CT molecular complexity index is 1070. The highest BCUT2D eigenvalue weighted by atomic mass is 32.1. The van der Waals surface area contributed by atoms with Crippen molar-refractivity contribution in [1.29, 1.82) is 0 Å². The second-order valence-electron chi connectivity index (χ2n) is 9.60. The van der Waals surface area contributed by atoms with Crippen molar-refractivity contribution in [3.05, 3.63) is 29.6 Å². The Balaban J connectivity index is 1.99. The van der Waals surface area contributed by atoms with E-state index in [2.05, 4.69) is 33.4 Å². The molecule has 1 aliphatic rings. The number of nitrogens with one attached hydrogen (secondary N) is 1. The predicted octanol–water partition coefficient (Wildman–Crippen LogP) is 5.35. The molecule has 12 heteroatoms. The Labute approximate surface area is 212 Å². The monoisotopic (exact) mass is 527 g/mol. The molecular weight excluding hydrogens is 495 g/mol. The van der Waals surface area contributed by atoms with Gasteiger partial charge in [0, 0.05) is 44.1 Å². The number of anilines is 3. The van der Waals surface area contributed by atoms with Gasteiger partial charge in [-0.3, -0.25) is 9.59 Å². The Morgan fingerprint density at radius 2 is 1.92 bits per heavy atom. The molecule has 1 unspecified atom stereocenters. The van der Waals surface area contributed by atoms with E-state index in [9.17, 15) is 27.9 Å². The quantitative estimate of drug-likeness (QED) is 0.453. The van der Waals surface area contributed by atoms with Crippen LogP contribution in [-0.2, 0) is 15.8 Å². The van der Waals surface area contributed by atoms with Crippen LogP contribution >= 0.6 is 11.5 Å². The third-order valence-electron chi connectivity index (χ3n) is 6.21.